The Bertz CT molecular complexity index is 1420. The van der Waals surface area contributed by atoms with Crippen LogP contribution in [0.1, 0.15) is 53.2 Å². The van der Waals surface area contributed by atoms with E-state index in [0.717, 1.165) is 23.2 Å². The number of amides is 2. The van der Waals surface area contributed by atoms with Crippen molar-refractivity contribution in [1.29, 1.82) is 0 Å². The number of aryl methyl sites for hydroxylation is 1. The topological polar surface area (TPSA) is 58.6 Å². The molecule has 2 amide bonds. The standard InChI is InChI=1S/C34H34N2O3/c1-2-3-5-11-25-18-20-29(21-19-25)35-33(37)32-23-26-12-8-9-13-28(26)24-36(32)34(38)27-14-10-17-31(22-27)39-30-15-6-4-7-16-30/h4,6-10,12-22,32H,2-3,5,11,23-24H2,1H3,(H,35,37)/t32-/m0/s1. The van der Waals surface area contributed by atoms with Gasteiger partial charge in [-0.1, -0.05) is 80.4 Å². The molecular formula is C34H34N2O3. The van der Waals surface area contributed by atoms with E-state index in [1.54, 1.807) is 23.1 Å². The normalized spacial score (nSPS) is 14.4. The molecule has 0 bridgehead atoms. The van der Waals surface area contributed by atoms with Crippen molar-refractivity contribution >= 4 is 17.5 Å². The second-order valence-electron chi connectivity index (χ2n) is 10.0. The molecule has 0 aromatic heterocycles. The van der Waals surface area contributed by atoms with Gasteiger partial charge in [-0.05, 0) is 72.0 Å². The molecule has 1 aliphatic rings. The molecule has 0 unspecified atom stereocenters. The van der Waals surface area contributed by atoms with Crippen LogP contribution in [0.5, 0.6) is 11.5 Å². The van der Waals surface area contributed by atoms with Gasteiger partial charge in [-0.15, -0.1) is 0 Å². The van der Waals surface area contributed by atoms with Gasteiger partial charge in [-0.2, -0.15) is 0 Å². The molecule has 0 saturated heterocycles. The second kappa shape index (κ2) is 12.4. The number of hydrogen-bond acceptors (Lipinski definition) is 3. The molecule has 1 heterocycles. The summed E-state index contributed by atoms with van der Waals surface area (Å²) in [7, 11) is 0. The second-order valence-corrected chi connectivity index (χ2v) is 10.0. The average molecular weight is 519 g/mol. The zero-order valence-corrected chi connectivity index (χ0v) is 22.3. The summed E-state index contributed by atoms with van der Waals surface area (Å²) >= 11 is 0. The Kier molecular flexibility index (Phi) is 8.37. The molecule has 4 aromatic rings. The van der Waals surface area contributed by atoms with Crippen molar-refractivity contribution in [2.75, 3.05) is 5.32 Å². The van der Waals surface area contributed by atoms with Crippen LogP contribution in [-0.2, 0) is 24.2 Å². The number of anilines is 1. The van der Waals surface area contributed by atoms with Crippen LogP contribution in [-0.4, -0.2) is 22.8 Å². The minimum absolute atomic E-state index is 0.187. The molecule has 39 heavy (non-hydrogen) atoms. The molecule has 1 aliphatic heterocycles. The molecule has 1 atom stereocenters. The summed E-state index contributed by atoms with van der Waals surface area (Å²) in [5, 5.41) is 3.06. The molecule has 5 rings (SSSR count). The highest BCUT2D eigenvalue weighted by atomic mass is 16.5. The molecule has 198 valence electrons. The Balaban J connectivity index is 1.35. The molecule has 1 N–H and O–H groups in total. The number of nitrogens with zero attached hydrogens (tertiary/aromatic N) is 1. The van der Waals surface area contributed by atoms with Crippen LogP contribution in [0.25, 0.3) is 0 Å². The average Bonchev–Trinajstić information content (AvgIpc) is 2.98. The van der Waals surface area contributed by atoms with Gasteiger partial charge in [0, 0.05) is 24.2 Å². The van der Waals surface area contributed by atoms with Gasteiger partial charge in [0.15, 0.2) is 0 Å². The third-order valence-electron chi connectivity index (χ3n) is 7.16. The molecular weight excluding hydrogens is 484 g/mol. The quantitative estimate of drug-likeness (QED) is 0.235. The molecule has 0 aliphatic carbocycles. The van der Waals surface area contributed by atoms with Crippen molar-refractivity contribution in [2.45, 2.75) is 51.6 Å². The summed E-state index contributed by atoms with van der Waals surface area (Å²) in [5.74, 6) is 0.884. The van der Waals surface area contributed by atoms with Crippen LogP contribution >= 0.6 is 0 Å². The first-order valence-corrected chi connectivity index (χ1v) is 13.7. The third-order valence-corrected chi connectivity index (χ3v) is 7.16. The molecule has 0 fully saturated rings. The number of rotatable bonds is 9. The fourth-order valence-corrected chi connectivity index (χ4v) is 5.01. The van der Waals surface area contributed by atoms with Gasteiger partial charge in [0.05, 0.1) is 0 Å². The maximum atomic E-state index is 13.8. The summed E-state index contributed by atoms with van der Waals surface area (Å²) < 4.78 is 5.96. The smallest absolute Gasteiger partial charge is 0.254 e. The van der Waals surface area contributed by atoms with Crippen molar-refractivity contribution in [1.82, 2.24) is 4.90 Å². The number of benzene rings is 4. The maximum Gasteiger partial charge on any atom is 0.254 e. The van der Waals surface area contributed by atoms with Gasteiger partial charge in [0.1, 0.15) is 17.5 Å². The molecule has 5 nitrogen and oxygen atoms in total. The number of fused-ring (bicyclic) bond motifs is 1. The fraction of sp³-hybridized carbons (Fsp3) is 0.235. The van der Waals surface area contributed by atoms with Crippen molar-refractivity contribution in [3.05, 3.63) is 125 Å². The summed E-state index contributed by atoms with van der Waals surface area (Å²) in [6.45, 7) is 2.57. The summed E-state index contributed by atoms with van der Waals surface area (Å²) in [6, 6.07) is 32.0. The molecule has 4 aromatic carbocycles. The van der Waals surface area contributed by atoms with E-state index in [4.69, 9.17) is 4.74 Å². The lowest BCUT2D eigenvalue weighted by molar-refractivity contribution is -0.121. The number of unbranched alkanes of at least 4 members (excludes halogenated alkanes) is 2. The first-order valence-electron chi connectivity index (χ1n) is 13.7. The van der Waals surface area contributed by atoms with E-state index < -0.39 is 6.04 Å². The Labute approximate surface area is 230 Å². The SMILES string of the molecule is CCCCCc1ccc(NC(=O)[C@@H]2Cc3ccccc3CN2C(=O)c2cccc(Oc3ccccc3)c2)cc1. The summed E-state index contributed by atoms with van der Waals surface area (Å²) in [4.78, 5) is 29.1. The number of ether oxygens (including phenoxy) is 1. The number of hydrogen-bond donors (Lipinski definition) is 1. The van der Waals surface area contributed by atoms with E-state index in [2.05, 4.69) is 24.4 Å². The Hall–Kier alpha value is -4.38. The van der Waals surface area contributed by atoms with Gasteiger partial charge in [0.2, 0.25) is 5.91 Å². The highest BCUT2D eigenvalue weighted by molar-refractivity contribution is 6.01. The van der Waals surface area contributed by atoms with Crippen LogP contribution in [0.2, 0.25) is 0 Å². The number of nitrogens with one attached hydrogen (secondary N) is 1. The van der Waals surface area contributed by atoms with E-state index in [1.807, 2.05) is 72.8 Å². The number of carbonyl (C=O) groups excluding carboxylic acids is 2. The van der Waals surface area contributed by atoms with Crippen LogP contribution in [0.15, 0.2) is 103 Å². The zero-order chi connectivity index (χ0) is 27.0. The van der Waals surface area contributed by atoms with E-state index in [-0.39, 0.29) is 11.8 Å². The van der Waals surface area contributed by atoms with Crippen LogP contribution < -0.4 is 10.1 Å². The van der Waals surface area contributed by atoms with Crippen molar-refractivity contribution in [3.63, 3.8) is 0 Å². The zero-order valence-electron chi connectivity index (χ0n) is 22.3. The first-order chi connectivity index (χ1) is 19.1. The number of para-hydroxylation sites is 1. The molecule has 0 radical (unpaired) electrons. The minimum atomic E-state index is -0.629. The minimum Gasteiger partial charge on any atom is -0.457 e. The highest BCUT2D eigenvalue weighted by Gasteiger charge is 2.35. The Morgan fingerprint density at radius 1 is 0.821 bits per heavy atom. The van der Waals surface area contributed by atoms with Crippen LogP contribution in [0, 0.1) is 0 Å². The Morgan fingerprint density at radius 3 is 2.31 bits per heavy atom. The largest absolute Gasteiger partial charge is 0.457 e. The summed E-state index contributed by atoms with van der Waals surface area (Å²) in [6.07, 6.45) is 5.07. The predicted octanol–water partition coefficient (Wildman–Crippen LogP) is 7.42. The van der Waals surface area contributed by atoms with E-state index in [1.165, 1.54) is 24.8 Å². The van der Waals surface area contributed by atoms with E-state index in [0.29, 0.717) is 30.0 Å². The lowest BCUT2D eigenvalue weighted by Crippen LogP contribution is -2.50. The Morgan fingerprint density at radius 2 is 1.54 bits per heavy atom. The third kappa shape index (κ3) is 6.55. The van der Waals surface area contributed by atoms with Gasteiger partial charge >= 0.3 is 0 Å². The lowest BCUT2D eigenvalue weighted by atomic mass is 9.92. The van der Waals surface area contributed by atoms with Gasteiger partial charge in [-0.25, -0.2) is 0 Å². The molecule has 0 spiro atoms. The van der Waals surface area contributed by atoms with Crippen molar-refractivity contribution < 1.29 is 14.3 Å². The van der Waals surface area contributed by atoms with Gasteiger partial charge in [-0.3, -0.25) is 9.59 Å². The molecule has 0 saturated carbocycles. The molecule has 5 heteroatoms. The first kappa shape index (κ1) is 26.2. The predicted molar refractivity (Wildman–Crippen MR) is 155 cm³/mol. The highest BCUT2D eigenvalue weighted by Crippen LogP contribution is 2.28. The van der Waals surface area contributed by atoms with Crippen molar-refractivity contribution in [2.24, 2.45) is 0 Å². The van der Waals surface area contributed by atoms with Gasteiger partial charge < -0.3 is 15.0 Å². The maximum absolute atomic E-state index is 13.8. The van der Waals surface area contributed by atoms with Crippen LogP contribution in [0.4, 0.5) is 5.69 Å². The van der Waals surface area contributed by atoms with Gasteiger partial charge in [0.25, 0.3) is 5.91 Å². The van der Waals surface area contributed by atoms with E-state index in [9.17, 15) is 9.59 Å². The van der Waals surface area contributed by atoms with Crippen LogP contribution in [0.3, 0.4) is 0 Å². The van der Waals surface area contributed by atoms with E-state index >= 15 is 0 Å². The number of carbonyl (C=O) groups is 2. The van der Waals surface area contributed by atoms with Crippen molar-refractivity contribution in [3.8, 4) is 11.5 Å². The summed E-state index contributed by atoms with van der Waals surface area (Å²) in [5.41, 5.74) is 4.64. The lowest BCUT2D eigenvalue weighted by Gasteiger charge is -2.36. The monoisotopic (exact) mass is 518 g/mol. The fourth-order valence-electron chi connectivity index (χ4n) is 5.01.